The number of unbranched alkanes of at least 4 members (excludes halogenated alkanes) is 1. The summed E-state index contributed by atoms with van der Waals surface area (Å²) in [4.78, 5) is 8.66. The molecule has 1 heterocycles. The van der Waals surface area contributed by atoms with Crippen molar-refractivity contribution in [3.63, 3.8) is 0 Å². The van der Waals surface area contributed by atoms with Crippen LogP contribution in [0.1, 0.15) is 75.4 Å². The summed E-state index contributed by atoms with van der Waals surface area (Å²) in [6.07, 6.45) is 2.92. The van der Waals surface area contributed by atoms with Crippen LogP contribution >= 0.6 is 0 Å². The Labute approximate surface area is 165 Å². The summed E-state index contributed by atoms with van der Waals surface area (Å²) in [5.74, 6) is 1.11. The summed E-state index contributed by atoms with van der Waals surface area (Å²) in [5, 5.41) is 12.4. The van der Waals surface area contributed by atoms with E-state index in [4.69, 9.17) is 11.0 Å². The van der Waals surface area contributed by atoms with Crippen LogP contribution in [0.25, 0.3) is 0 Å². The predicted octanol–water partition coefficient (Wildman–Crippen LogP) is 5.40. The van der Waals surface area contributed by atoms with Gasteiger partial charge in [-0.05, 0) is 43.5 Å². The molecule has 2 aromatic rings. The third-order valence-electron chi connectivity index (χ3n) is 3.89. The molecule has 3 N–H and O–H groups in total. The molecule has 0 aliphatic carbocycles. The van der Waals surface area contributed by atoms with Crippen LogP contribution in [0.5, 0.6) is 0 Å². The van der Waals surface area contributed by atoms with Gasteiger partial charge in [-0.3, -0.25) is 0 Å². The third kappa shape index (κ3) is 7.65. The van der Waals surface area contributed by atoms with Gasteiger partial charge in [-0.1, -0.05) is 47.1 Å². The summed E-state index contributed by atoms with van der Waals surface area (Å²) in [6.45, 7) is 15.0. The quantitative estimate of drug-likeness (QED) is 0.665. The Balaban J connectivity index is 0.00000158. The van der Waals surface area contributed by atoms with Gasteiger partial charge in [0.05, 0.1) is 11.6 Å². The average molecular weight is 370 g/mol. The fourth-order valence-electron chi connectivity index (χ4n) is 2.51. The number of aromatic nitrogens is 2. The van der Waals surface area contributed by atoms with Gasteiger partial charge in [-0.2, -0.15) is 10.2 Å². The van der Waals surface area contributed by atoms with Gasteiger partial charge in [-0.15, -0.1) is 0 Å². The predicted molar refractivity (Wildman–Crippen MR) is 116 cm³/mol. The lowest BCUT2D eigenvalue weighted by atomic mass is 9.98. The maximum atomic E-state index is 8.99. The van der Waals surface area contributed by atoms with E-state index in [0.29, 0.717) is 11.5 Å². The van der Waals surface area contributed by atoms with Crippen LogP contribution in [0, 0.1) is 25.2 Å². The van der Waals surface area contributed by atoms with Gasteiger partial charge in [0, 0.05) is 24.2 Å². The highest BCUT2D eigenvalue weighted by Gasteiger charge is 2.12. The zero-order valence-electron chi connectivity index (χ0n) is 18.0. The Kier molecular flexibility index (Phi) is 12.3. The molecule has 5 nitrogen and oxygen atoms in total. The second kappa shape index (κ2) is 13.6. The normalized spacial score (nSPS) is 9.26. The Morgan fingerprint density at radius 2 is 1.78 bits per heavy atom. The molecule has 2 rings (SSSR count). The first-order valence-corrected chi connectivity index (χ1v) is 9.91. The van der Waals surface area contributed by atoms with Gasteiger partial charge in [0.15, 0.2) is 0 Å². The number of rotatable bonds is 6. The molecule has 0 spiro atoms. The maximum absolute atomic E-state index is 8.99. The van der Waals surface area contributed by atoms with Crippen LogP contribution in [-0.4, -0.2) is 16.5 Å². The lowest BCUT2D eigenvalue weighted by molar-refractivity contribution is 0.827. The summed E-state index contributed by atoms with van der Waals surface area (Å²) in [6, 6.07) is 7.93. The minimum Gasteiger partial charge on any atom is -0.370 e. The van der Waals surface area contributed by atoms with Crippen LogP contribution < -0.4 is 11.1 Å². The first-order valence-electron chi connectivity index (χ1n) is 9.91. The average Bonchev–Trinajstić information content (AvgIpc) is 2.68. The molecule has 5 heteroatoms. The number of anilines is 2. The molecule has 0 fully saturated rings. The Morgan fingerprint density at radius 3 is 2.33 bits per heavy atom. The number of benzene rings is 1. The molecule has 0 radical (unpaired) electrons. The van der Waals surface area contributed by atoms with Crippen molar-refractivity contribution in [1.29, 1.82) is 5.26 Å². The summed E-state index contributed by atoms with van der Waals surface area (Å²) >= 11 is 0. The SMILES string of the molecule is CC.CC.CCCCNc1nc(N)nc(C)c1Cc1ccc(C#N)cc1C. The van der Waals surface area contributed by atoms with Gasteiger partial charge in [0.2, 0.25) is 5.95 Å². The zero-order valence-corrected chi connectivity index (χ0v) is 18.0. The van der Waals surface area contributed by atoms with E-state index in [1.54, 1.807) is 0 Å². The second-order valence-electron chi connectivity index (χ2n) is 5.70. The Hall–Kier alpha value is -2.61. The lowest BCUT2D eigenvalue weighted by Crippen LogP contribution is -2.11. The molecule has 27 heavy (non-hydrogen) atoms. The lowest BCUT2D eigenvalue weighted by Gasteiger charge is -2.15. The van der Waals surface area contributed by atoms with Gasteiger partial charge in [-0.25, -0.2) is 4.98 Å². The fourth-order valence-corrected chi connectivity index (χ4v) is 2.51. The molecular weight excluding hydrogens is 334 g/mol. The van der Waals surface area contributed by atoms with E-state index in [2.05, 4.69) is 28.3 Å². The molecule has 0 atom stereocenters. The first-order chi connectivity index (χ1) is 13.0. The molecule has 0 aliphatic rings. The van der Waals surface area contributed by atoms with E-state index < -0.39 is 0 Å². The molecular formula is C22H35N5. The van der Waals surface area contributed by atoms with Crippen LogP contribution in [0.2, 0.25) is 0 Å². The molecule has 0 saturated carbocycles. The smallest absolute Gasteiger partial charge is 0.222 e. The number of nitrogens with one attached hydrogen (secondary N) is 1. The highest BCUT2D eigenvalue weighted by atomic mass is 15.1. The number of hydrogen-bond acceptors (Lipinski definition) is 5. The summed E-state index contributed by atoms with van der Waals surface area (Å²) in [5.41, 5.74) is 10.7. The molecule has 1 aromatic heterocycles. The fraction of sp³-hybridized carbons (Fsp3) is 0.500. The minimum atomic E-state index is 0.293. The van der Waals surface area contributed by atoms with Crippen molar-refractivity contribution in [2.45, 2.75) is 67.7 Å². The number of nitrogens with zero attached hydrogens (tertiary/aromatic N) is 3. The van der Waals surface area contributed by atoms with E-state index >= 15 is 0 Å². The van der Waals surface area contributed by atoms with Crippen LogP contribution in [0.4, 0.5) is 11.8 Å². The zero-order chi connectivity index (χ0) is 20.8. The van der Waals surface area contributed by atoms with E-state index in [-0.39, 0.29) is 0 Å². The van der Waals surface area contributed by atoms with E-state index in [1.165, 1.54) is 5.56 Å². The third-order valence-corrected chi connectivity index (χ3v) is 3.89. The molecule has 148 valence electrons. The standard InChI is InChI=1S/C18H23N5.2C2H6/c1-4-5-8-21-17-16(13(3)22-18(20)23-17)10-15-7-6-14(11-19)9-12(15)2;2*1-2/h6-7,9H,4-5,8,10H2,1-3H3,(H3,20,21,22,23);2*1-2H3. The Bertz CT molecular complexity index is 732. The van der Waals surface area contributed by atoms with Gasteiger partial charge in [0.25, 0.3) is 0 Å². The van der Waals surface area contributed by atoms with Crippen molar-refractivity contribution < 1.29 is 0 Å². The molecule has 0 bridgehead atoms. The monoisotopic (exact) mass is 369 g/mol. The summed E-state index contributed by atoms with van der Waals surface area (Å²) in [7, 11) is 0. The van der Waals surface area contributed by atoms with E-state index in [0.717, 1.165) is 48.4 Å². The first kappa shape index (κ1) is 24.4. The molecule has 1 aromatic carbocycles. The second-order valence-corrected chi connectivity index (χ2v) is 5.70. The Morgan fingerprint density at radius 1 is 1.11 bits per heavy atom. The molecule has 0 amide bonds. The molecule has 0 aliphatic heterocycles. The van der Waals surface area contributed by atoms with Crippen molar-refractivity contribution in [3.8, 4) is 6.07 Å². The van der Waals surface area contributed by atoms with E-state index in [1.807, 2.05) is 59.7 Å². The topological polar surface area (TPSA) is 87.6 Å². The highest BCUT2D eigenvalue weighted by Crippen LogP contribution is 2.23. The van der Waals surface area contributed by atoms with Gasteiger partial charge >= 0.3 is 0 Å². The van der Waals surface area contributed by atoms with Crippen molar-refractivity contribution in [2.75, 3.05) is 17.6 Å². The number of hydrogen-bond donors (Lipinski definition) is 2. The van der Waals surface area contributed by atoms with Crippen LogP contribution in [0.3, 0.4) is 0 Å². The molecule has 0 saturated heterocycles. The van der Waals surface area contributed by atoms with Crippen molar-refractivity contribution in [2.24, 2.45) is 0 Å². The number of aryl methyl sites for hydroxylation is 2. The number of nitrogens with two attached hydrogens (primary N) is 1. The number of nitrogen functional groups attached to an aromatic ring is 1. The van der Waals surface area contributed by atoms with Gasteiger partial charge in [0.1, 0.15) is 5.82 Å². The van der Waals surface area contributed by atoms with Crippen molar-refractivity contribution in [3.05, 3.63) is 46.1 Å². The van der Waals surface area contributed by atoms with Crippen molar-refractivity contribution in [1.82, 2.24) is 9.97 Å². The maximum Gasteiger partial charge on any atom is 0.222 e. The van der Waals surface area contributed by atoms with Gasteiger partial charge < -0.3 is 11.1 Å². The van der Waals surface area contributed by atoms with Crippen molar-refractivity contribution >= 4 is 11.8 Å². The highest BCUT2D eigenvalue weighted by molar-refractivity contribution is 5.52. The largest absolute Gasteiger partial charge is 0.370 e. The van der Waals surface area contributed by atoms with E-state index in [9.17, 15) is 0 Å². The summed E-state index contributed by atoms with van der Waals surface area (Å²) < 4.78 is 0. The van der Waals surface area contributed by atoms with Crippen LogP contribution in [-0.2, 0) is 6.42 Å². The van der Waals surface area contributed by atoms with Crippen LogP contribution in [0.15, 0.2) is 18.2 Å². The molecule has 0 unspecified atom stereocenters. The minimum absolute atomic E-state index is 0.293. The number of nitriles is 1.